The lowest BCUT2D eigenvalue weighted by Gasteiger charge is -2.09. The molecule has 0 saturated carbocycles. The number of terminal acetylenes is 1. The summed E-state index contributed by atoms with van der Waals surface area (Å²) < 4.78 is 5.82. The van der Waals surface area contributed by atoms with Gasteiger partial charge in [0.15, 0.2) is 0 Å². The summed E-state index contributed by atoms with van der Waals surface area (Å²) in [6, 6.07) is 24.4. The van der Waals surface area contributed by atoms with E-state index in [1.54, 1.807) is 0 Å². The van der Waals surface area contributed by atoms with Crippen LogP contribution in [-0.2, 0) is 6.61 Å². The molecule has 23 heavy (non-hydrogen) atoms. The molecule has 112 valence electrons. The standard InChI is InChI=1S/C22H18O/c1-3-18-9-14-22(17(2)15-18)20-10-12-21(13-11-20)23-16-19-7-5-4-6-8-19/h1,4-15H,16H2,2H3. The van der Waals surface area contributed by atoms with Gasteiger partial charge in [-0.05, 0) is 53.4 Å². The number of rotatable bonds is 4. The number of aryl methyl sites for hydroxylation is 1. The van der Waals surface area contributed by atoms with Crippen LogP contribution in [0.5, 0.6) is 5.75 Å². The summed E-state index contributed by atoms with van der Waals surface area (Å²) in [5, 5.41) is 0. The Kier molecular flexibility index (Phi) is 4.45. The first-order valence-electron chi connectivity index (χ1n) is 7.61. The summed E-state index contributed by atoms with van der Waals surface area (Å²) in [5.41, 5.74) is 5.61. The molecule has 0 spiro atoms. The molecule has 0 radical (unpaired) electrons. The van der Waals surface area contributed by atoms with Crippen molar-refractivity contribution >= 4 is 0 Å². The van der Waals surface area contributed by atoms with Gasteiger partial charge in [-0.15, -0.1) is 6.42 Å². The Morgan fingerprint density at radius 1 is 0.913 bits per heavy atom. The summed E-state index contributed by atoms with van der Waals surface area (Å²) in [6.07, 6.45) is 5.44. The number of hydrogen-bond donors (Lipinski definition) is 0. The van der Waals surface area contributed by atoms with Gasteiger partial charge >= 0.3 is 0 Å². The Morgan fingerprint density at radius 2 is 1.65 bits per heavy atom. The molecule has 0 unspecified atom stereocenters. The number of ether oxygens (including phenoxy) is 1. The topological polar surface area (TPSA) is 9.23 Å². The van der Waals surface area contributed by atoms with E-state index >= 15 is 0 Å². The van der Waals surface area contributed by atoms with E-state index in [2.05, 4.69) is 43.2 Å². The van der Waals surface area contributed by atoms with E-state index in [9.17, 15) is 0 Å². The van der Waals surface area contributed by atoms with Crippen LogP contribution in [0.3, 0.4) is 0 Å². The van der Waals surface area contributed by atoms with Crippen LogP contribution in [0.2, 0.25) is 0 Å². The molecule has 0 heterocycles. The second-order valence-corrected chi connectivity index (χ2v) is 5.47. The van der Waals surface area contributed by atoms with Crippen molar-refractivity contribution in [1.29, 1.82) is 0 Å². The van der Waals surface area contributed by atoms with E-state index in [4.69, 9.17) is 11.2 Å². The van der Waals surface area contributed by atoms with E-state index in [0.29, 0.717) is 6.61 Å². The van der Waals surface area contributed by atoms with Gasteiger partial charge in [-0.3, -0.25) is 0 Å². The second-order valence-electron chi connectivity index (χ2n) is 5.47. The first kappa shape index (κ1) is 14.9. The molecular formula is C22H18O. The van der Waals surface area contributed by atoms with E-state index in [1.807, 2.05) is 42.5 Å². The first-order valence-corrected chi connectivity index (χ1v) is 7.61. The average Bonchev–Trinajstić information content (AvgIpc) is 2.61. The van der Waals surface area contributed by atoms with Crippen molar-refractivity contribution < 1.29 is 4.74 Å². The van der Waals surface area contributed by atoms with Crippen molar-refractivity contribution in [3.05, 3.63) is 89.5 Å². The summed E-state index contributed by atoms with van der Waals surface area (Å²) in [5.74, 6) is 3.54. The zero-order chi connectivity index (χ0) is 16.1. The molecular weight excluding hydrogens is 280 g/mol. The van der Waals surface area contributed by atoms with Crippen molar-refractivity contribution in [1.82, 2.24) is 0 Å². The largest absolute Gasteiger partial charge is 0.489 e. The van der Waals surface area contributed by atoms with E-state index in [1.165, 1.54) is 11.1 Å². The predicted molar refractivity (Wildman–Crippen MR) is 95.3 cm³/mol. The number of hydrogen-bond acceptors (Lipinski definition) is 1. The third kappa shape index (κ3) is 3.62. The summed E-state index contributed by atoms with van der Waals surface area (Å²) in [4.78, 5) is 0. The molecule has 0 aliphatic rings. The van der Waals surface area contributed by atoms with Crippen LogP contribution in [0.4, 0.5) is 0 Å². The molecule has 1 nitrogen and oxygen atoms in total. The monoisotopic (exact) mass is 298 g/mol. The van der Waals surface area contributed by atoms with Gasteiger partial charge in [0.05, 0.1) is 0 Å². The lowest BCUT2D eigenvalue weighted by Crippen LogP contribution is -1.94. The average molecular weight is 298 g/mol. The van der Waals surface area contributed by atoms with Crippen molar-refractivity contribution in [2.75, 3.05) is 0 Å². The third-order valence-electron chi connectivity index (χ3n) is 3.81. The molecule has 0 aromatic heterocycles. The molecule has 0 bridgehead atoms. The Balaban J connectivity index is 1.73. The highest BCUT2D eigenvalue weighted by atomic mass is 16.5. The minimum absolute atomic E-state index is 0.579. The van der Waals surface area contributed by atoms with Gasteiger partial charge in [-0.2, -0.15) is 0 Å². The quantitative estimate of drug-likeness (QED) is 0.600. The van der Waals surface area contributed by atoms with Gasteiger partial charge in [0.2, 0.25) is 0 Å². The van der Waals surface area contributed by atoms with Gasteiger partial charge in [-0.25, -0.2) is 0 Å². The smallest absolute Gasteiger partial charge is 0.119 e. The Morgan fingerprint density at radius 3 is 2.30 bits per heavy atom. The van der Waals surface area contributed by atoms with Crippen LogP contribution in [0.1, 0.15) is 16.7 Å². The maximum absolute atomic E-state index is 5.82. The maximum Gasteiger partial charge on any atom is 0.119 e. The number of benzene rings is 3. The minimum atomic E-state index is 0.579. The van der Waals surface area contributed by atoms with Crippen LogP contribution < -0.4 is 4.74 Å². The lowest BCUT2D eigenvalue weighted by molar-refractivity contribution is 0.306. The zero-order valence-electron chi connectivity index (χ0n) is 13.1. The summed E-state index contributed by atoms with van der Waals surface area (Å²) in [6.45, 7) is 2.66. The molecule has 0 amide bonds. The van der Waals surface area contributed by atoms with Gasteiger partial charge < -0.3 is 4.74 Å². The fourth-order valence-corrected chi connectivity index (χ4v) is 2.55. The Labute approximate surface area is 137 Å². The van der Waals surface area contributed by atoms with Crippen LogP contribution in [0.15, 0.2) is 72.8 Å². The van der Waals surface area contributed by atoms with Gasteiger partial charge in [0.25, 0.3) is 0 Å². The Bertz CT molecular complexity index is 824. The van der Waals surface area contributed by atoms with E-state index < -0.39 is 0 Å². The van der Waals surface area contributed by atoms with Gasteiger partial charge in [0.1, 0.15) is 12.4 Å². The van der Waals surface area contributed by atoms with Crippen LogP contribution in [0.25, 0.3) is 11.1 Å². The molecule has 0 atom stereocenters. The molecule has 0 saturated heterocycles. The molecule has 3 aromatic carbocycles. The predicted octanol–water partition coefficient (Wildman–Crippen LogP) is 5.22. The highest BCUT2D eigenvalue weighted by Crippen LogP contribution is 2.26. The fourth-order valence-electron chi connectivity index (χ4n) is 2.55. The van der Waals surface area contributed by atoms with Crippen molar-refractivity contribution in [3.63, 3.8) is 0 Å². The van der Waals surface area contributed by atoms with E-state index in [0.717, 1.165) is 22.4 Å². The first-order chi connectivity index (χ1) is 11.3. The molecule has 0 fully saturated rings. The fraction of sp³-hybridized carbons (Fsp3) is 0.0909. The highest BCUT2D eigenvalue weighted by Gasteiger charge is 2.03. The summed E-state index contributed by atoms with van der Waals surface area (Å²) >= 11 is 0. The van der Waals surface area contributed by atoms with Crippen LogP contribution in [-0.4, -0.2) is 0 Å². The normalized spacial score (nSPS) is 10.1. The lowest BCUT2D eigenvalue weighted by atomic mass is 9.98. The SMILES string of the molecule is C#Cc1ccc(-c2ccc(OCc3ccccc3)cc2)c(C)c1. The molecule has 0 aliphatic heterocycles. The minimum Gasteiger partial charge on any atom is -0.489 e. The highest BCUT2D eigenvalue weighted by molar-refractivity contribution is 5.68. The van der Waals surface area contributed by atoms with E-state index in [-0.39, 0.29) is 0 Å². The van der Waals surface area contributed by atoms with Gasteiger partial charge in [-0.1, -0.05) is 54.5 Å². The zero-order valence-corrected chi connectivity index (χ0v) is 13.1. The van der Waals surface area contributed by atoms with Crippen molar-refractivity contribution in [3.8, 4) is 29.2 Å². The second kappa shape index (κ2) is 6.85. The summed E-state index contributed by atoms with van der Waals surface area (Å²) in [7, 11) is 0. The van der Waals surface area contributed by atoms with Crippen molar-refractivity contribution in [2.24, 2.45) is 0 Å². The Hall–Kier alpha value is -2.98. The van der Waals surface area contributed by atoms with Crippen LogP contribution >= 0.6 is 0 Å². The molecule has 1 heteroatoms. The third-order valence-corrected chi connectivity index (χ3v) is 3.81. The van der Waals surface area contributed by atoms with Crippen molar-refractivity contribution in [2.45, 2.75) is 13.5 Å². The molecule has 3 aromatic rings. The molecule has 0 N–H and O–H groups in total. The molecule has 3 rings (SSSR count). The van der Waals surface area contributed by atoms with Crippen LogP contribution in [0, 0.1) is 19.3 Å². The maximum atomic E-state index is 5.82. The molecule has 0 aliphatic carbocycles. The van der Waals surface area contributed by atoms with Gasteiger partial charge in [0, 0.05) is 5.56 Å².